The van der Waals surface area contributed by atoms with Crippen molar-refractivity contribution in [2.24, 2.45) is 0 Å². The molecule has 7 heteroatoms. The minimum atomic E-state index is -0.507. The molecule has 0 aromatic heterocycles. The van der Waals surface area contributed by atoms with E-state index in [2.05, 4.69) is 5.32 Å². The van der Waals surface area contributed by atoms with Gasteiger partial charge in [0.05, 0.1) is 17.4 Å². The molecule has 0 heterocycles. The summed E-state index contributed by atoms with van der Waals surface area (Å²) in [4.78, 5) is 23.2. The lowest BCUT2D eigenvalue weighted by molar-refractivity contribution is -0.384. The molecule has 0 aliphatic carbocycles. The summed E-state index contributed by atoms with van der Waals surface area (Å²) in [5, 5.41) is 21.7. The van der Waals surface area contributed by atoms with E-state index in [9.17, 15) is 14.9 Å². The van der Waals surface area contributed by atoms with Gasteiger partial charge in [-0.3, -0.25) is 10.1 Å². The number of non-ortho nitro benzene ring substituents is 1. The van der Waals surface area contributed by atoms with Gasteiger partial charge >= 0.3 is 6.03 Å². The molecule has 7 nitrogen and oxygen atoms in total. The highest BCUT2D eigenvalue weighted by atomic mass is 16.6. The lowest BCUT2D eigenvalue weighted by atomic mass is 10.2. The van der Waals surface area contributed by atoms with E-state index in [0.717, 1.165) is 0 Å². The van der Waals surface area contributed by atoms with E-state index in [1.807, 2.05) is 6.07 Å². The number of nitriles is 1. The van der Waals surface area contributed by atoms with E-state index in [0.29, 0.717) is 5.69 Å². The van der Waals surface area contributed by atoms with Crippen molar-refractivity contribution in [2.75, 3.05) is 12.4 Å². The highest BCUT2D eigenvalue weighted by Crippen LogP contribution is 2.16. The molecule has 1 rings (SSSR count). The second kappa shape index (κ2) is 6.35. The van der Waals surface area contributed by atoms with Gasteiger partial charge < -0.3 is 10.2 Å². The number of amides is 2. The minimum absolute atomic E-state index is 0.0378. The predicted octanol–water partition coefficient (Wildman–Crippen LogP) is 2.36. The molecule has 1 N–H and O–H groups in total. The average molecular weight is 262 g/mol. The number of nitrogens with one attached hydrogen (secondary N) is 1. The normalized spacial score (nSPS) is 11.2. The molecular formula is C12H14N4O3. The highest BCUT2D eigenvalue weighted by Gasteiger charge is 2.15. The van der Waals surface area contributed by atoms with Gasteiger partial charge in [-0.1, -0.05) is 0 Å². The van der Waals surface area contributed by atoms with Crippen LogP contribution in [0.25, 0.3) is 0 Å². The summed E-state index contributed by atoms with van der Waals surface area (Å²) in [6.07, 6.45) is 0.240. The Morgan fingerprint density at radius 3 is 2.58 bits per heavy atom. The summed E-state index contributed by atoms with van der Waals surface area (Å²) in [7, 11) is 1.59. The van der Waals surface area contributed by atoms with E-state index in [1.54, 1.807) is 14.0 Å². The molecular weight excluding hydrogens is 248 g/mol. The molecule has 0 saturated heterocycles. The largest absolute Gasteiger partial charge is 0.324 e. The van der Waals surface area contributed by atoms with Crippen LogP contribution in [-0.4, -0.2) is 28.9 Å². The quantitative estimate of drug-likeness (QED) is 0.665. The zero-order chi connectivity index (χ0) is 14.4. The Labute approximate surface area is 110 Å². The van der Waals surface area contributed by atoms with Gasteiger partial charge in [0, 0.05) is 30.9 Å². The molecule has 0 bridgehead atoms. The van der Waals surface area contributed by atoms with Gasteiger partial charge in [-0.25, -0.2) is 4.79 Å². The van der Waals surface area contributed by atoms with Crippen molar-refractivity contribution in [2.45, 2.75) is 19.4 Å². The summed E-state index contributed by atoms with van der Waals surface area (Å²) >= 11 is 0. The van der Waals surface area contributed by atoms with Crippen LogP contribution >= 0.6 is 0 Å². The first-order chi connectivity index (χ1) is 8.95. The van der Waals surface area contributed by atoms with Crippen molar-refractivity contribution >= 4 is 17.4 Å². The third kappa shape index (κ3) is 3.96. The van der Waals surface area contributed by atoms with Crippen molar-refractivity contribution in [3.05, 3.63) is 34.4 Å². The Hall–Kier alpha value is -2.62. The number of nitro benzene ring substituents is 1. The van der Waals surface area contributed by atoms with Crippen molar-refractivity contribution < 1.29 is 9.72 Å². The number of hydrogen-bond acceptors (Lipinski definition) is 4. The van der Waals surface area contributed by atoms with E-state index in [4.69, 9.17) is 5.26 Å². The van der Waals surface area contributed by atoms with Crippen LogP contribution in [0.2, 0.25) is 0 Å². The number of carbonyl (C=O) groups excluding carboxylic acids is 1. The third-order valence-electron chi connectivity index (χ3n) is 2.70. The molecule has 0 aliphatic heterocycles. The van der Waals surface area contributed by atoms with E-state index >= 15 is 0 Å². The number of rotatable bonds is 4. The van der Waals surface area contributed by atoms with Gasteiger partial charge in [-0.15, -0.1) is 0 Å². The predicted molar refractivity (Wildman–Crippen MR) is 69.6 cm³/mol. The van der Waals surface area contributed by atoms with E-state index < -0.39 is 4.92 Å². The number of anilines is 1. The Balaban J connectivity index is 2.67. The Bertz CT molecular complexity index is 507. The van der Waals surface area contributed by atoms with Crippen molar-refractivity contribution in [1.29, 1.82) is 5.26 Å². The van der Waals surface area contributed by atoms with Crippen LogP contribution in [0.4, 0.5) is 16.2 Å². The SMILES string of the molecule is CC(CC#N)N(C)C(=O)Nc1ccc([N+](=O)[O-])cc1. The van der Waals surface area contributed by atoms with Crippen LogP contribution in [0, 0.1) is 21.4 Å². The lowest BCUT2D eigenvalue weighted by Gasteiger charge is -2.23. The number of benzene rings is 1. The maximum absolute atomic E-state index is 11.8. The smallest absolute Gasteiger partial charge is 0.321 e. The Kier molecular flexibility index (Phi) is 4.83. The molecule has 1 aromatic carbocycles. The highest BCUT2D eigenvalue weighted by molar-refractivity contribution is 5.89. The molecule has 0 saturated carbocycles. The van der Waals surface area contributed by atoms with Crippen molar-refractivity contribution in [1.82, 2.24) is 4.90 Å². The van der Waals surface area contributed by atoms with Crippen LogP contribution in [0.15, 0.2) is 24.3 Å². The topological polar surface area (TPSA) is 99.3 Å². The summed E-state index contributed by atoms with van der Waals surface area (Å²) in [5.41, 5.74) is 0.427. The molecule has 2 amide bonds. The number of hydrogen-bond donors (Lipinski definition) is 1. The van der Waals surface area contributed by atoms with Crippen LogP contribution in [0.5, 0.6) is 0 Å². The third-order valence-corrected chi connectivity index (χ3v) is 2.70. The number of carbonyl (C=O) groups is 1. The van der Waals surface area contributed by atoms with E-state index in [1.165, 1.54) is 29.2 Å². The van der Waals surface area contributed by atoms with Crippen LogP contribution in [0.1, 0.15) is 13.3 Å². The van der Waals surface area contributed by atoms with Crippen LogP contribution < -0.4 is 5.32 Å². The molecule has 19 heavy (non-hydrogen) atoms. The first-order valence-corrected chi connectivity index (χ1v) is 5.61. The first-order valence-electron chi connectivity index (χ1n) is 5.61. The van der Waals surface area contributed by atoms with Gasteiger partial charge in [0.2, 0.25) is 0 Å². The monoisotopic (exact) mass is 262 g/mol. The maximum atomic E-state index is 11.8. The Morgan fingerprint density at radius 2 is 2.11 bits per heavy atom. The first kappa shape index (κ1) is 14.4. The second-order valence-corrected chi connectivity index (χ2v) is 4.06. The fourth-order valence-corrected chi connectivity index (χ4v) is 1.35. The standard InChI is InChI=1S/C12H14N4O3/c1-9(7-8-13)15(2)12(17)14-10-3-5-11(6-4-10)16(18)19/h3-6,9H,7H2,1-2H3,(H,14,17). The molecule has 0 aliphatic rings. The fourth-order valence-electron chi connectivity index (χ4n) is 1.35. The second-order valence-electron chi connectivity index (χ2n) is 4.06. The van der Waals surface area contributed by atoms with Crippen LogP contribution in [-0.2, 0) is 0 Å². The van der Waals surface area contributed by atoms with Gasteiger partial charge in [0.1, 0.15) is 0 Å². The number of nitrogens with zero attached hydrogens (tertiary/aromatic N) is 3. The van der Waals surface area contributed by atoms with Gasteiger partial charge in [-0.05, 0) is 19.1 Å². The summed E-state index contributed by atoms with van der Waals surface area (Å²) in [6, 6.07) is 6.96. The molecule has 1 aromatic rings. The molecule has 0 spiro atoms. The maximum Gasteiger partial charge on any atom is 0.321 e. The van der Waals surface area contributed by atoms with E-state index in [-0.39, 0.29) is 24.2 Å². The minimum Gasteiger partial charge on any atom is -0.324 e. The molecule has 1 unspecified atom stereocenters. The van der Waals surface area contributed by atoms with Crippen molar-refractivity contribution in [3.63, 3.8) is 0 Å². The van der Waals surface area contributed by atoms with Crippen molar-refractivity contribution in [3.8, 4) is 6.07 Å². The Morgan fingerprint density at radius 1 is 1.53 bits per heavy atom. The zero-order valence-electron chi connectivity index (χ0n) is 10.7. The van der Waals surface area contributed by atoms with Gasteiger partial charge in [-0.2, -0.15) is 5.26 Å². The summed E-state index contributed by atoms with van der Waals surface area (Å²) in [5.74, 6) is 0. The average Bonchev–Trinajstić information content (AvgIpc) is 2.38. The molecule has 1 atom stereocenters. The summed E-state index contributed by atoms with van der Waals surface area (Å²) < 4.78 is 0. The molecule has 0 fully saturated rings. The number of nitro groups is 1. The van der Waals surface area contributed by atoms with Crippen LogP contribution in [0.3, 0.4) is 0 Å². The zero-order valence-corrected chi connectivity index (χ0v) is 10.7. The summed E-state index contributed by atoms with van der Waals surface area (Å²) in [6.45, 7) is 1.76. The number of urea groups is 1. The molecule has 100 valence electrons. The molecule has 0 radical (unpaired) electrons. The fraction of sp³-hybridized carbons (Fsp3) is 0.333. The van der Waals surface area contributed by atoms with Gasteiger partial charge in [0.25, 0.3) is 5.69 Å². The van der Waals surface area contributed by atoms with Gasteiger partial charge in [0.15, 0.2) is 0 Å². The lowest BCUT2D eigenvalue weighted by Crippen LogP contribution is -2.38.